The van der Waals surface area contributed by atoms with E-state index < -0.39 is 0 Å². The van der Waals surface area contributed by atoms with E-state index in [4.69, 9.17) is 11.6 Å². The molecule has 0 aliphatic heterocycles. The third-order valence-corrected chi connectivity index (χ3v) is 5.68. The normalized spacial score (nSPS) is 18.5. The van der Waals surface area contributed by atoms with Crippen molar-refractivity contribution in [2.45, 2.75) is 43.4 Å². The fourth-order valence-electron chi connectivity index (χ4n) is 2.73. The zero-order valence-electron chi connectivity index (χ0n) is 11.3. The molecule has 0 heterocycles. The van der Waals surface area contributed by atoms with Crippen LogP contribution in [-0.4, -0.2) is 17.5 Å². The molecule has 2 rings (SSSR count). The van der Waals surface area contributed by atoms with Crippen LogP contribution in [0.5, 0.6) is 0 Å². The topological polar surface area (TPSA) is 12.0 Å². The van der Waals surface area contributed by atoms with Gasteiger partial charge in [-0.15, -0.1) is 0 Å². The molecule has 0 spiro atoms. The predicted molar refractivity (Wildman–Crippen MR) is 82.4 cm³/mol. The second-order valence-corrected chi connectivity index (χ2v) is 6.98. The fraction of sp³-hybridized carbons (Fsp3) is 0.600. The summed E-state index contributed by atoms with van der Waals surface area (Å²) >= 11 is 7.66. The molecule has 1 aromatic carbocycles. The second-order valence-electron chi connectivity index (χ2n) is 5.30. The van der Waals surface area contributed by atoms with E-state index in [1.54, 1.807) is 6.07 Å². The van der Waals surface area contributed by atoms with Crippen molar-refractivity contribution in [3.63, 3.8) is 0 Å². The molecule has 106 valence electrons. The molecule has 1 aliphatic carbocycles. The Labute approximate surface area is 124 Å². The maximum Gasteiger partial charge on any atom is 0.142 e. The van der Waals surface area contributed by atoms with Crippen molar-refractivity contribution in [3.05, 3.63) is 34.6 Å². The van der Waals surface area contributed by atoms with Crippen molar-refractivity contribution < 1.29 is 4.39 Å². The minimum absolute atomic E-state index is 0.191. The minimum atomic E-state index is -0.335. The smallest absolute Gasteiger partial charge is 0.142 e. The molecule has 19 heavy (non-hydrogen) atoms. The van der Waals surface area contributed by atoms with Crippen molar-refractivity contribution in [2.24, 2.45) is 0 Å². The monoisotopic (exact) mass is 301 g/mol. The summed E-state index contributed by atoms with van der Waals surface area (Å²) in [6.07, 6.45) is 8.81. The van der Waals surface area contributed by atoms with Gasteiger partial charge < -0.3 is 5.32 Å². The van der Waals surface area contributed by atoms with E-state index in [0.29, 0.717) is 11.3 Å². The number of halogens is 2. The van der Waals surface area contributed by atoms with E-state index in [1.165, 1.54) is 38.2 Å². The number of rotatable bonds is 5. The first-order valence-electron chi connectivity index (χ1n) is 6.85. The van der Waals surface area contributed by atoms with Gasteiger partial charge in [0.1, 0.15) is 5.82 Å². The molecule has 1 aromatic rings. The lowest BCUT2D eigenvalue weighted by atomic mass is 9.88. The number of benzene rings is 1. The van der Waals surface area contributed by atoms with E-state index in [2.05, 4.69) is 11.6 Å². The van der Waals surface area contributed by atoms with Crippen LogP contribution in [0.15, 0.2) is 18.2 Å². The number of hydrogen-bond acceptors (Lipinski definition) is 2. The summed E-state index contributed by atoms with van der Waals surface area (Å²) in [5.41, 5.74) is 0.953. The zero-order valence-corrected chi connectivity index (χ0v) is 12.9. The Kier molecular flexibility index (Phi) is 5.55. The van der Waals surface area contributed by atoms with Gasteiger partial charge in [0, 0.05) is 17.8 Å². The maximum atomic E-state index is 13.3. The molecular formula is C15H21ClFNS. The van der Waals surface area contributed by atoms with Crippen molar-refractivity contribution in [2.75, 3.05) is 12.8 Å². The number of thioether (sulfide) groups is 1. The lowest BCUT2D eigenvalue weighted by Crippen LogP contribution is -2.39. The third kappa shape index (κ3) is 4.11. The molecule has 0 aromatic heterocycles. The quantitative estimate of drug-likeness (QED) is 0.850. The van der Waals surface area contributed by atoms with Crippen LogP contribution in [0.3, 0.4) is 0 Å². The van der Waals surface area contributed by atoms with E-state index in [1.807, 2.05) is 17.8 Å². The number of nitrogens with one attached hydrogen (secondary N) is 1. The standard InChI is InChI=1S/C15H21ClFNS/c1-19-15(7-3-2-4-8-15)11-18-10-12-5-6-13(16)14(17)9-12/h5-6,9,18H,2-4,7-8,10-11H2,1H3. The molecule has 0 unspecified atom stereocenters. The summed E-state index contributed by atoms with van der Waals surface area (Å²) in [5.74, 6) is -0.335. The van der Waals surface area contributed by atoms with E-state index in [0.717, 1.165) is 12.1 Å². The van der Waals surface area contributed by atoms with Gasteiger partial charge in [0.05, 0.1) is 5.02 Å². The summed E-state index contributed by atoms with van der Waals surface area (Å²) in [7, 11) is 0. The molecule has 1 fully saturated rings. The van der Waals surface area contributed by atoms with Gasteiger partial charge in [0.2, 0.25) is 0 Å². The Morgan fingerprint density at radius 3 is 2.68 bits per heavy atom. The molecule has 0 amide bonds. The highest BCUT2D eigenvalue weighted by Crippen LogP contribution is 2.37. The zero-order chi connectivity index (χ0) is 13.7. The van der Waals surface area contributed by atoms with Crippen LogP contribution in [0.2, 0.25) is 5.02 Å². The fourth-order valence-corrected chi connectivity index (χ4v) is 3.79. The summed E-state index contributed by atoms with van der Waals surface area (Å²) in [6, 6.07) is 5.02. The minimum Gasteiger partial charge on any atom is -0.311 e. The molecule has 0 saturated heterocycles. The van der Waals surface area contributed by atoms with Crippen LogP contribution >= 0.6 is 23.4 Å². The Morgan fingerprint density at radius 1 is 1.32 bits per heavy atom. The highest BCUT2D eigenvalue weighted by Gasteiger charge is 2.30. The molecule has 4 heteroatoms. The average Bonchev–Trinajstić information content (AvgIpc) is 2.44. The second kappa shape index (κ2) is 6.96. The summed E-state index contributed by atoms with van der Waals surface area (Å²) in [6.45, 7) is 1.70. The molecule has 1 nitrogen and oxygen atoms in total. The highest BCUT2D eigenvalue weighted by molar-refractivity contribution is 8.00. The Balaban J connectivity index is 1.86. The van der Waals surface area contributed by atoms with Gasteiger partial charge in [-0.25, -0.2) is 4.39 Å². The van der Waals surface area contributed by atoms with Crippen molar-refractivity contribution >= 4 is 23.4 Å². The van der Waals surface area contributed by atoms with Gasteiger partial charge in [-0.3, -0.25) is 0 Å². The lowest BCUT2D eigenvalue weighted by Gasteiger charge is -2.36. The van der Waals surface area contributed by atoms with Crippen LogP contribution in [0.25, 0.3) is 0 Å². The van der Waals surface area contributed by atoms with E-state index >= 15 is 0 Å². The Hall–Kier alpha value is -0.250. The maximum absolute atomic E-state index is 13.3. The van der Waals surface area contributed by atoms with Gasteiger partial charge >= 0.3 is 0 Å². The SMILES string of the molecule is CSC1(CNCc2ccc(Cl)c(F)c2)CCCCC1. The first-order chi connectivity index (χ1) is 9.15. The van der Waals surface area contributed by atoms with Crippen LogP contribution in [-0.2, 0) is 6.54 Å². The molecule has 1 aliphatic rings. The average molecular weight is 302 g/mol. The van der Waals surface area contributed by atoms with Crippen molar-refractivity contribution in [1.82, 2.24) is 5.32 Å². The summed E-state index contributed by atoms with van der Waals surface area (Å²) in [4.78, 5) is 0. The molecule has 0 bridgehead atoms. The molecule has 0 radical (unpaired) electrons. The van der Waals surface area contributed by atoms with Gasteiger partial charge in [0.15, 0.2) is 0 Å². The predicted octanol–water partition coefficient (Wildman–Crippen LogP) is 4.63. The largest absolute Gasteiger partial charge is 0.311 e. The first-order valence-corrected chi connectivity index (χ1v) is 8.45. The van der Waals surface area contributed by atoms with E-state index in [-0.39, 0.29) is 10.8 Å². The highest BCUT2D eigenvalue weighted by atomic mass is 35.5. The van der Waals surface area contributed by atoms with Gasteiger partial charge in [-0.1, -0.05) is 36.9 Å². The van der Waals surface area contributed by atoms with Crippen LogP contribution in [0.1, 0.15) is 37.7 Å². The first kappa shape index (κ1) is 15.1. The Morgan fingerprint density at radius 2 is 2.05 bits per heavy atom. The molecule has 1 saturated carbocycles. The third-order valence-electron chi connectivity index (χ3n) is 3.96. The molecular weight excluding hydrogens is 281 g/mol. The summed E-state index contributed by atoms with van der Waals surface area (Å²) < 4.78 is 13.7. The van der Waals surface area contributed by atoms with Crippen LogP contribution < -0.4 is 5.32 Å². The van der Waals surface area contributed by atoms with Crippen molar-refractivity contribution in [3.8, 4) is 0 Å². The van der Waals surface area contributed by atoms with E-state index in [9.17, 15) is 4.39 Å². The molecule has 1 N–H and O–H groups in total. The van der Waals surface area contributed by atoms with Gasteiger partial charge in [-0.2, -0.15) is 11.8 Å². The van der Waals surface area contributed by atoms with Crippen molar-refractivity contribution in [1.29, 1.82) is 0 Å². The number of hydrogen-bond donors (Lipinski definition) is 1. The lowest BCUT2D eigenvalue weighted by molar-refractivity contribution is 0.379. The molecule has 0 atom stereocenters. The van der Waals surface area contributed by atoms with Crippen LogP contribution in [0.4, 0.5) is 4.39 Å². The van der Waals surface area contributed by atoms with Crippen LogP contribution in [0, 0.1) is 5.82 Å². The van der Waals surface area contributed by atoms with Gasteiger partial charge in [0.25, 0.3) is 0 Å². The Bertz CT molecular complexity index is 419. The summed E-state index contributed by atoms with van der Waals surface area (Å²) in [5, 5.41) is 3.67. The van der Waals surface area contributed by atoms with Gasteiger partial charge in [-0.05, 0) is 36.8 Å².